The van der Waals surface area contributed by atoms with Crippen LogP contribution in [0.1, 0.15) is 18.4 Å². The van der Waals surface area contributed by atoms with E-state index in [4.69, 9.17) is 4.74 Å². The number of carbonyl (C=O) groups excluding carboxylic acids is 1. The molecule has 6 heteroatoms. The van der Waals surface area contributed by atoms with Crippen molar-refractivity contribution < 1.29 is 9.53 Å². The second-order valence-electron chi connectivity index (χ2n) is 7.26. The molecule has 1 N–H and O–H groups in total. The molecular formula is C21H24BrN3O2. The van der Waals surface area contributed by atoms with Gasteiger partial charge in [-0.3, -0.25) is 4.90 Å². The summed E-state index contributed by atoms with van der Waals surface area (Å²) < 4.78 is 6.37. The minimum atomic E-state index is -0.127. The first kappa shape index (κ1) is 18.3. The lowest BCUT2D eigenvalue weighted by Gasteiger charge is -2.40. The zero-order valence-corrected chi connectivity index (χ0v) is 17.0. The van der Waals surface area contributed by atoms with Crippen LogP contribution in [0.4, 0.5) is 10.5 Å². The third-order valence-corrected chi connectivity index (χ3v) is 6.16. The molecule has 27 heavy (non-hydrogen) atoms. The molecule has 0 atom stereocenters. The lowest BCUT2D eigenvalue weighted by molar-refractivity contribution is 0.119. The van der Waals surface area contributed by atoms with E-state index in [9.17, 15) is 4.79 Å². The standard InChI is InChI=1S/C21H24BrN3O2/c1-27-19-4-2-3-16(13-19)14-25-20(26)24(18-7-5-17(22)6-8-18)15-21(25)9-11-23-12-10-21/h2-8,13,23H,9-12,14-15H2,1H3. The number of benzene rings is 2. The van der Waals surface area contributed by atoms with Crippen molar-refractivity contribution in [2.45, 2.75) is 24.9 Å². The van der Waals surface area contributed by atoms with Gasteiger partial charge in [0.15, 0.2) is 0 Å². The smallest absolute Gasteiger partial charge is 0.325 e. The Hall–Kier alpha value is -2.05. The largest absolute Gasteiger partial charge is 0.497 e. The molecule has 2 fully saturated rings. The molecular weight excluding hydrogens is 406 g/mol. The van der Waals surface area contributed by atoms with Gasteiger partial charge in [0.05, 0.1) is 19.2 Å². The van der Waals surface area contributed by atoms with E-state index in [2.05, 4.69) is 32.2 Å². The maximum atomic E-state index is 13.4. The fourth-order valence-corrected chi connectivity index (χ4v) is 4.39. The molecule has 0 radical (unpaired) electrons. The van der Waals surface area contributed by atoms with Gasteiger partial charge in [-0.25, -0.2) is 4.79 Å². The highest BCUT2D eigenvalue weighted by molar-refractivity contribution is 9.10. The normalized spacial score (nSPS) is 19.0. The highest BCUT2D eigenvalue weighted by Gasteiger charge is 2.50. The van der Waals surface area contributed by atoms with Crippen LogP contribution in [-0.2, 0) is 6.54 Å². The number of rotatable bonds is 4. The van der Waals surface area contributed by atoms with E-state index < -0.39 is 0 Å². The molecule has 2 amide bonds. The second kappa shape index (κ2) is 7.52. The van der Waals surface area contributed by atoms with Crippen molar-refractivity contribution in [1.29, 1.82) is 0 Å². The molecule has 1 spiro atoms. The molecule has 2 saturated heterocycles. The number of amides is 2. The van der Waals surface area contributed by atoms with Gasteiger partial charge in [0, 0.05) is 16.7 Å². The Morgan fingerprint density at radius 1 is 1.15 bits per heavy atom. The molecule has 142 valence electrons. The quantitative estimate of drug-likeness (QED) is 0.797. The first-order valence-corrected chi connectivity index (χ1v) is 10.1. The predicted octanol–water partition coefficient (Wildman–Crippen LogP) is 4.02. The van der Waals surface area contributed by atoms with Crippen molar-refractivity contribution in [3.05, 3.63) is 58.6 Å². The van der Waals surface area contributed by atoms with Gasteiger partial charge >= 0.3 is 6.03 Å². The predicted molar refractivity (Wildman–Crippen MR) is 110 cm³/mol. The number of nitrogens with one attached hydrogen (secondary N) is 1. The number of nitrogens with zero attached hydrogens (tertiary/aromatic N) is 2. The number of piperidine rings is 1. The number of methoxy groups -OCH3 is 1. The summed E-state index contributed by atoms with van der Waals surface area (Å²) in [5.74, 6) is 0.822. The van der Waals surface area contributed by atoms with Crippen LogP contribution in [-0.4, -0.2) is 43.2 Å². The molecule has 0 bridgehead atoms. The number of hydrogen-bond acceptors (Lipinski definition) is 3. The number of carbonyl (C=O) groups is 1. The Balaban J connectivity index is 1.65. The van der Waals surface area contributed by atoms with E-state index in [1.165, 1.54) is 0 Å². The molecule has 2 aromatic carbocycles. The molecule has 2 aliphatic rings. The van der Waals surface area contributed by atoms with Crippen molar-refractivity contribution in [3.8, 4) is 5.75 Å². The highest BCUT2D eigenvalue weighted by Crippen LogP contribution is 2.38. The molecule has 2 aromatic rings. The van der Waals surface area contributed by atoms with Gasteiger partial charge in [0.2, 0.25) is 0 Å². The second-order valence-corrected chi connectivity index (χ2v) is 8.17. The fraction of sp³-hybridized carbons (Fsp3) is 0.381. The first-order valence-electron chi connectivity index (χ1n) is 9.30. The van der Waals surface area contributed by atoms with Gasteiger partial charge in [0.1, 0.15) is 5.75 Å². The summed E-state index contributed by atoms with van der Waals surface area (Å²) in [5, 5.41) is 3.43. The Bertz CT molecular complexity index is 818. The molecule has 5 nitrogen and oxygen atoms in total. The number of halogens is 1. The van der Waals surface area contributed by atoms with Crippen LogP contribution in [0.5, 0.6) is 5.75 Å². The average molecular weight is 430 g/mol. The van der Waals surface area contributed by atoms with Crippen molar-refractivity contribution in [1.82, 2.24) is 10.2 Å². The minimum Gasteiger partial charge on any atom is -0.497 e. The zero-order valence-electron chi connectivity index (χ0n) is 15.5. The molecule has 2 aliphatic heterocycles. The zero-order chi connectivity index (χ0) is 18.9. The van der Waals surface area contributed by atoms with Crippen molar-refractivity contribution in [3.63, 3.8) is 0 Å². The molecule has 0 saturated carbocycles. The van der Waals surface area contributed by atoms with Crippen molar-refractivity contribution in [2.24, 2.45) is 0 Å². The Kier molecular flexibility index (Phi) is 5.10. The van der Waals surface area contributed by atoms with E-state index >= 15 is 0 Å². The Labute approximate surface area is 168 Å². The van der Waals surface area contributed by atoms with Crippen LogP contribution in [0.3, 0.4) is 0 Å². The number of ether oxygens (including phenoxy) is 1. The van der Waals surface area contributed by atoms with E-state index in [1.807, 2.05) is 47.4 Å². The lowest BCUT2D eigenvalue weighted by atomic mass is 9.87. The van der Waals surface area contributed by atoms with Crippen LogP contribution < -0.4 is 15.0 Å². The fourth-order valence-electron chi connectivity index (χ4n) is 4.13. The van der Waals surface area contributed by atoms with Crippen LogP contribution in [0.25, 0.3) is 0 Å². The monoisotopic (exact) mass is 429 g/mol. The molecule has 0 aromatic heterocycles. The maximum absolute atomic E-state index is 13.4. The summed E-state index contributed by atoms with van der Waals surface area (Å²) in [6, 6.07) is 16.1. The minimum absolute atomic E-state index is 0.0852. The molecule has 4 rings (SSSR count). The number of hydrogen-bond donors (Lipinski definition) is 1. The number of anilines is 1. The average Bonchev–Trinajstić information content (AvgIpc) is 2.95. The van der Waals surface area contributed by atoms with Gasteiger partial charge in [-0.2, -0.15) is 0 Å². The van der Waals surface area contributed by atoms with Gasteiger partial charge < -0.3 is 15.0 Å². The van der Waals surface area contributed by atoms with Crippen LogP contribution in [0, 0.1) is 0 Å². The maximum Gasteiger partial charge on any atom is 0.325 e. The SMILES string of the molecule is COc1cccc(CN2C(=O)N(c3ccc(Br)cc3)CC23CCNCC3)c1. The van der Waals surface area contributed by atoms with Crippen LogP contribution in [0.2, 0.25) is 0 Å². The van der Waals surface area contributed by atoms with Crippen molar-refractivity contribution >= 4 is 27.6 Å². The summed E-state index contributed by atoms with van der Waals surface area (Å²) in [6.07, 6.45) is 1.94. The summed E-state index contributed by atoms with van der Waals surface area (Å²) in [6.45, 7) is 3.22. The van der Waals surface area contributed by atoms with Gasteiger partial charge in [-0.05, 0) is 67.9 Å². The first-order chi connectivity index (χ1) is 13.1. The third-order valence-electron chi connectivity index (χ3n) is 5.63. The molecule has 0 aliphatic carbocycles. The summed E-state index contributed by atoms with van der Waals surface area (Å²) in [4.78, 5) is 17.4. The summed E-state index contributed by atoms with van der Waals surface area (Å²) >= 11 is 3.47. The summed E-state index contributed by atoms with van der Waals surface area (Å²) in [7, 11) is 1.67. The Morgan fingerprint density at radius 2 is 1.89 bits per heavy atom. The van der Waals surface area contributed by atoms with E-state index in [0.717, 1.165) is 53.9 Å². The third kappa shape index (κ3) is 3.56. The van der Waals surface area contributed by atoms with Crippen LogP contribution >= 0.6 is 15.9 Å². The van der Waals surface area contributed by atoms with E-state index in [0.29, 0.717) is 6.54 Å². The van der Waals surface area contributed by atoms with Crippen molar-refractivity contribution in [2.75, 3.05) is 31.6 Å². The van der Waals surface area contributed by atoms with Crippen LogP contribution in [0.15, 0.2) is 53.0 Å². The van der Waals surface area contributed by atoms with Gasteiger partial charge in [-0.15, -0.1) is 0 Å². The lowest BCUT2D eigenvalue weighted by Crippen LogP contribution is -2.53. The molecule has 2 heterocycles. The number of urea groups is 1. The van der Waals surface area contributed by atoms with E-state index in [1.54, 1.807) is 7.11 Å². The van der Waals surface area contributed by atoms with Gasteiger partial charge in [-0.1, -0.05) is 28.1 Å². The highest BCUT2D eigenvalue weighted by atomic mass is 79.9. The Morgan fingerprint density at radius 3 is 2.59 bits per heavy atom. The topological polar surface area (TPSA) is 44.8 Å². The van der Waals surface area contributed by atoms with Gasteiger partial charge in [0.25, 0.3) is 0 Å². The molecule has 0 unspecified atom stereocenters. The van der Waals surface area contributed by atoms with E-state index in [-0.39, 0.29) is 11.6 Å². The summed E-state index contributed by atoms with van der Waals surface area (Å²) in [5.41, 5.74) is 1.92.